The number of carbonyl (C=O) groups is 1. The van der Waals surface area contributed by atoms with E-state index in [1.54, 1.807) is 7.11 Å². The van der Waals surface area contributed by atoms with Crippen LogP contribution in [0, 0.1) is 5.82 Å². The molecule has 0 bridgehead atoms. The number of rotatable bonds is 7. The Balaban J connectivity index is 1.47. The number of benzene rings is 2. The summed E-state index contributed by atoms with van der Waals surface area (Å²) in [6.45, 7) is 1.96. The van der Waals surface area contributed by atoms with Crippen LogP contribution in [0.5, 0.6) is 5.75 Å². The Morgan fingerprint density at radius 2 is 1.66 bits per heavy atom. The topological polar surface area (TPSA) is 79.0 Å². The summed E-state index contributed by atoms with van der Waals surface area (Å²) in [6, 6.07) is 12.8. The van der Waals surface area contributed by atoms with Crippen LogP contribution in [0.15, 0.2) is 48.5 Å². The zero-order chi connectivity index (χ0) is 20.9. The zero-order valence-corrected chi connectivity index (χ0v) is 17.0. The molecular formula is C20H24FN3O4S. The maximum atomic E-state index is 12.9. The van der Waals surface area contributed by atoms with E-state index in [-0.39, 0.29) is 17.9 Å². The molecule has 0 radical (unpaired) electrons. The fraction of sp³-hybridized carbons (Fsp3) is 0.350. The molecule has 9 heteroatoms. The Hall–Kier alpha value is -2.65. The highest BCUT2D eigenvalue weighted by Crippen LogP contribution is 2.21. The lowest BCUT2D eigenvalue weighted by Gasteiger charge is -2.35. The molecule has 2 aromatic rings. The molecule has 0 aliphatic carbocycles. The number of anilines is 1. The lowest BCUT2D eigenvalue weighted by Crippen LogP contribution is -2.50. The van der Waals surface area contributed by atoms with Crippen molar-refractivity contribution in [3.8, 4) is 5.75 Å². The normalized spacial score (nSPS) is 15.2. The smallest absolute Gasteiger partial charge is 0.251 e. The van der Waals surface area contributed by atoms with Gasteiger partial charge in [-0.25, -0.2) is 12.8 Å². The van der Waals surface area contributed by atoms with Crippen molar-refractivity contribution in [1.29, 1.82) is 0 Å². The van der Waals surface area contributed by atoms with E-state index in [0.29, 0.717) is 26.2 Å². The Labute approximate surface area is 170 Å². The van der Waals surface area contributed by atoms with Crippen LogP contribution < -0.4 is 15.0 Å². The maximum absolute atomic E-state index is 12.9. The summed E-state index contributed by atoms with van der Waals surface area (Å²) in [5.41, 5.74) is 1.31. The van der Waals surface area contributed by atoms with Crippen LogP contribution in [0.2, 0.25) is 0 Å². The Kier molecular flexibility index (Phi) is 6.71. The first-order chi connectivity index (χ1) is 13.9. The number of nitrogens with one attached hydrogen (secondary N) is 1. The van der Waals surface area contributed by atoms with Crippen LogP contribution in [0.1, 0.15) is 10.4 Å². The first kappa shape index (κ1) is 21.1. The van der Waals surface area contributed by atoms with Gasteiger partial charge in [-0.1, -0.05) is 0 Å². The van der Waals surface area contributed by atoms with E-state index in [0.717, 1.165) is 11.4 Å². The van der Waals surface area contributed by atoms with Crippen molar-refractivity contribution in [3.63, 3.8) is 0 Å². The summed E-state index contributed by atoms with van der Waals surface area (Å²) in [6.07, 6.45) is 0. The van der Waals surface area contributed by atoms with Crippen molar-refractivity contribution in [3.05, 3.63) is 59.9 Å². The van der Waals surface area contributed by atoms with Crippen LogP contribution in [0.4, 0.5) is 10.1 Å². The highest BCUT2D eigenvalue weighted by Gasteiger charge is 2.27. The molecular weight excluding hydrogens is 397 g/mol. The van der Waals surface area contributed by atoms with Crippen molar-refractivity contribution in [2.45, 2.75) is 0 Å². The Morgan fingerprint density at radius 3 is 2.24 bits per heavy atom. The maximum Gasteiger partial charge on any atom is 0.251 e. The molecule has 1 fully saturated rings. The molecule has 7 nitrogen and oxygen atoms in total. The van der Waals surface area contributed by atoms with E-state index < -0.39 is 21.7 Å². The quantitative estimate of drug-likeness (QED) is 0.737. The number of hydrogen-bond acceptors (Lipinski definition) is 5. The summed E-state index contributed by atoms with van der Waals surface area (Å²) >= 11 is 0. The van der Waals surface area contributed by atoms with E-state index in [2.05, 4.69) is 10.2 Å². The minimum Gasteiger partial charge on any atom is -0.497 e. The molecule has 1 N–H and O–H groups in total. The van der Waals surface area contributed by atoms with Crippen molar-refractivity contribution in [1.82, 2.24) is 9.62 Å². The third-order valence-corrected chi connectivity index (χ3v) is 6.69. The third kappa shape index (κ3) is 5.45. The second kappa shape index (κ2) is 9.23. The van der Waals surface area contributed by atoms with Crippen LogP contribution in [-0.4, -0.2) is 64.2 Å². The molecule has 2 aromatic carbocycles. The molecule has 0 saturated carbocycles. The monoisotopic (exact) mass is 421 g/mol. The summed E-state index contributed by atoms with van der Waals surface area (Å²) in [5.74, 6) is -0.261. The van der Waals surface area contributed by atoms with E-state index in [4.69, 9.17) is 4.74 Å². The highest BCUT2D eigenvalue weighted by molar-refractivity contribution is 7.89. The van der Waals surface area contributed by atoms with E-state index in [9.17, 15) is 17.6 Å². The lowest BCUT2D eigenvalue weighted by atomic mass is 10.2. The molecule has 29 heavy (non-hydrogen) atoms. The van der Waals surface area contributed by atoms with Gasteiger partial charge in [0.15, 0.2) is 0 Å². The largest absolute Gasteiger partial charge is 0.497 e. The number of carbonyl (C=O) groups excluding carboxylic acids is 1. The first-order valence-corrected chi connectivity index (χ1v) is 10.9. The SMILES string of the molecule is COc1ccc(N2CCN(S(=O)(=O)CCNC(=O)c3ccc(F)cc3)CC2)cc1. The van der Waals surface area contributed by atoms with Gasteiger partial charge in [0.05, 0.1) is 12.9 Å². The Morgan fingerprint density at radius 1 is 1.03 bits per heavy atom. The second-order valence-electron chi connectivity index (χ2n) is 6.66. The number of methoxy groups -OCH3 is 1. The molecule has 1 aliphatic rings. The van der Waals surface area contributed by atoms with Gasteiger partial charge >= 0.3 is 0 Å². The molecule has 3 rings (SSSR count). The number of amides is 1. The van der Waals surface area contributed by atoms with Crippen molar-refractivity contribution in [2.24, 2.45) is 0 Å². The molecule has 1 saturated heterocycles. The average molecular weight is 421 g/mol. The van der Waals surface area contributed by atoms with E-state index in [1.165, 1.54) is 28.6 Å². The average Bonchev–Trinajstić information content (AvgIpc) is 2.74. The molecule has 1 amide bonds. The number of piperazine rings is 1. The number of nitrogens with zero attached hydrogens (tertiary/aromatic N) is 2. The zero-order valence-electron chi connectivity index (χ0n) is 16.2. The van der Waals surface area contributed by atoms with Gasteiger partial charge < -0.3 is 15.0 Å². The molecule has 1 aliphatic heterocycles. The van der Waals surface area contributed by atoms with Gasteiger partial charge in [0.25, 0.3) is 5.91 Å². The van der Waals surface area contributed by atoms with Crippen LogP contribution >= 0.6 is 0 Å². The van der Waals surface area contributed by atoms with E-state index >= 15 is 0 Å². The van der Waals surface area contributed by atoms with Crippen LogP contribution in [0.25, 0.3) is 0 Å². The molecule has 0 spiro atoms. The molecule has 0 aromatic heterocycles. The van der Waals surface area contributed by atoms with Crippen molar-refractivity contribution < 1.29 is 22.3 Å². The number of halogens is 1. The standard InChI is InChI=1S/C20H24FN3O4S/c1-28-19-8-6-18(7-9-19)23-11-13-24(14-12-23)29(26,27)15-10-22-20(25)16-2-4-17(21)5-3-16/h2-9H,10-15H2,1H3,(H,22,25). The number of ether oxygens (including phenoxy) is 1. The fourth-order valence-corrected chi connectivity index (χ4v) is 4.48. The van der Waals surface area contributed by atoms with E-state index in [1.807, 2.05) is 24.3 Å². The fourth-order valence-electron chi connectivity index (χ4n) is 3.14. The minimum atomic E-state index is -3.47. The number of hydrogen-bond donors (Lipinski definition) is 1. The number of sulfonamides is 1. The van der Waals surface area contributed by atoms with Crippen LogP contribution in [-0.2, 0) is 10.0 Å². The van der Waals surface area contributed by atoms with Gasteiger partial charge in [-0.2, -0.15) is 4.31 Å². The minimum absolute atomic E-state index is 0.00274. The van der Waals surface area contributed by atoms with Gasteiger partial charge in [-0.3, -0.25) is 4.79 Å². The highest BCUT2D eigenvalue weighted by atomic mass is 32.2. The Bertz CT molecular complexity index is 925. The molecule has 156 valence electrons. The van der Waals surface area contributed by atoms with Gasteiger partial charge in [-0.15, -0.1) is 0 Å². The van der Waals surface area contributed by atoms with Gasteiger partial charge in [-0.05, 0) is 48.5 Å². The van der Waals surface area contributed by atoms with Gasteiger partial charge in [0, 0.05) is 44.0 Å². The lowest BCUT2D eigenvalue weighted by molar-refractivity contribution is 0.0956. The summed E-state index contributed by atoms with van der Waals surface area (Å²) < 4.78 is 44.6. The van der Waals surface area contributed by atoms with Crippen molar-refractivity contribution >= 4 is 21.6 Å². The van der Waals surface area contributed by atoms with Gasteiger partial charge in [0.1, 0.15) is 11.6 Å². The van der Waals surface area contributed by atoms with Crippen molar-refractivity contribution in [2.75, 3.05) is 50.5 Å². The third-order valence-electron chi connectivity index (χ3n) is 4.82. The molecule has 1 heterocycles. The predicted octanol–water partition coefficient (Wildman–Crippen LogP) is 1.72. The van der Waals surface area contributed by atoms with Crippen LogP contribution in [0.3, 0.4) is 0 Å². The van der Waals surface area contributed by atoms with Gasteiger partial charge in [0.2, 0.25) is 10.0 Å². The molecule has 0 atom stereocenters. The second-order valence-corrected chi connectivity index (χ2v) is 8.75. The summed E-state index contributed by atoms with van der Waals surface area (Å²) in [5, 5.41) is 2.57. The summed E-state index contributed by atoms with van der Waals surface area (Å²) in [7, 11) is -1.86. The predicted molar refractivity (Wildman–Crippen MR) is 109 cm³/mol. The molecule has 0 unspecified atom stereocenters. The first-order valence-electron chi connectivity index (χ1n) is 9.29. The summed E-state index contributed by atoms with van der Waals surface area (Å²) in [4.78, 5) is 14.1.